The van der Waals surface area contributed by atoms with Crippen molar-refractivity contribution in [3.05, 3.63) is 52.2 Å². The lowest BCUT2D eigenvalue weighted by Crippen LogP contribution is -2.24. The summed E-state index contributed by atoms with van der Waals surface area (Å²) in [4.78, 5) is 12.1. The van der Waals surface area contributed by atoms with Gasteiger partial charge in [-0.05, 0) is 31.7 Å². The zero-order valence-electron chi connectivity index (χ0n) is 12.2. The second-order valence-corrected chi connectivity index (χ2v) is 4.67. The first-order valence-electron chi connectivity index (χ1n) is 6.75. The van der Waals surface area contributed by atoms with E-state index in [1.807, 2.05) is 38.5 Å². The Morgan fingerprint density at radius 1 is 1.25 bits per heavy atom. The number of hydrogen-bond donors (Lipinski definition) is 1. The van der Waals surface area contributed by atoms with E-state index in [0.29, 0.717) is 13.1 Å². The van der Waals surface area contributed by atoms with Crippen LogP contribution in [0.4, 0.5) is 0 Å². The standard InChI is InChI=1S/C15H21N3O2/c1-4-17-7-8-18(15(17)19)11-13-9-12(10-16-2)5-6-14(13)20-3/h5-9,16H,4,10-11H2,1-3H3. The second kappa shape index (κ2) is 6.43. The topological polar surface area (TPSA) is 48.2 Å². The van der Waals surface area contributed by atoms with Crippen LogP contribution in [0.2, 0.25) is 0 Å². The van der Waals surface area contributed by atoms with Gasteiger partial charge < -0.3 is 10.1 Å². The number of nitrogens with one attached hydrogen (secondary N) is 1. The fourth-order valence-corrected chi connectivity index (χ4v) is 2.27. The van der Waals surface area contributed by atoms with Gasteiger partial charge in [-0.15, -0.1) is 0 Å². The lowest BCUT2D eigenvalue weighted by atomic mass is 10.1. The number of aromatic nitrogens is 2. The van der Waals surface area contributed by atoms with Crippen LogP contribution in [-0.2, 0) is 19.6 Å². The Bertz CT molecular complexity index is 628. The van der Waals surface area contributed by atoms with Crippen LogP contribution in [0.1, 0.15) is 18.1 Å². The third-order valence-electron chi connectivity index (χ3n) is 3.33. The summed E-state index contributed by atoms with van der Waals surface area (Å²) in [5, 5.41) is 3.12. The van der Waals surface area contributed by atoms with Crippen molar-refractivity contribution >= 4 is 0 Å². The Hall–Kier alpha value is -2.01. The second-order valence-electron chi connectivity index (χ2n) is 4.67. The lowest BCUT2D eigenvalue weighted by Gasteiger charge is -2.11. The molecule has 2 aromatic rings. The van der Waals surface area contributed by atoms with Crippen molar-refractivity contribution in [2.45, 2.75) is 26.6 Å². The zero-order valence-corrected chi connectivity index (χ0v) is 12.2. The molecule has 0 fully saturated rings. The van der Waals surface area contributed by atoms with Crippen molar-refractivity contribution in [3.63, 3.8) is 0 Å². The summed E-state index contributed by atoms with van der Waals surface area (Å²) in [6, 6.07) is 6.05. The van der Waals surface area contributed by atoms with E-state index in [4.69, 9.17) is 4.74 Å². The third-order valence-corrected chi connectivity index (χ3v) is 3.33. The molecule has 0 aliphatic heterocycles. The quantitative estimate of drug-likeness (QED) is 0.868. The van der Waals surface area contributed by atoms with E-state index in [2.05, 4.69) is 11.4 Å². The molecule has 0 atom stereocenters. The van der Waals surface area contributed by atoms with Crippen LogP contribution < -0.4 is 15.7 Å². The van der Waals surface area contributed by atoms with Gasteiger partial charge in [0.15, 0.2) is 0 Å². The van der Waals surface area contributed by atoms with E-state index in [-0.39, 0.29) is 5.69 Å². The number of imidazole rings is 1. The molecule has 2 rings (SSSR count). The normalized spacial score (nSPS) is 10.8. The minimum absolute atomic E-state index is 0.00794. The number of rotatable bonds is 6. The van der Waals surface area contributed by atoms with Gasteiger partial charge in [-0.3, -0.25) is 9.13 Å². The van der Waals surface area contributed by atoms with Gasteiger partial charge in [0.25, 0.3) is 0 Å². The van der Waals surface area contributed by atoms with Crippen LogP contribution >= 0.6 is 0 Å². The van der Waals surface area contributed by atoms with Gasteiger partial charge in [-0.2, -0.15) is 0 Å². The molecule has 0 aliphatic carbocycles. The van der Waals surface area contributed by atoms with Crippen LogP contribution in [0.25, 0.3) is 0 Å². The molecule has 0 spiro atoms. The highest BCUT2D eigenvalue weighted by molar-refractivity contribution is 5.37. The van der Waals surface area contributed by atoms with E-state index in [1.54, 1.807) is 16.2 Å². The number of aryl methyl sites for hydroxylation is 1. The maximum atomic E-state index is 12.1. The average molecular weight is 275 g/mol. The predicted molar refractivity (Wildman–Crippen MR) is 79.2 cm³/mol. The fraction of sp³-hybridized carbons (Fsp3) is 0.400. The summed E-state index contributed by atoms with van der Waals surface area (Å²) < 4.78 is 8.76. The Labute approximate surface area is 118 Å². The van der Waals surface area contributed by atoms with Crippen LogP contribution in [0, 0.1) is 0 Å². The molecule has 0 amide bonds. The zero-order chi connectivity index (χ0) is 14.5. The van der Waals surface area contributed by atoms with Gasteiger partial charge in [0, 0.05) is 31.0 Å². The van der Waals surface area contributed by atoms with Gasteiger partial charge in [-0.1, -0.05) is 6.07 Å². The molecule has 108 valence electrons. The smallest absolute Gasteiger partial charge is 0.328 e. The fourth-order valence-electron chi connectivity index (χ4n) is 2.27. The average Bonchev–Trinajstić information content (AvgIpc) is 2.80. The Morgan fingerprint density at radius 2 is 2.00 bits per heavy atom. The number of benzene rings is 1. The molecule has 1 N–H and O–H groups in total. The van der Waals surface area contributed by atoms with Crippen LogP contribution in [0.15, 0.2) is 35.4 Å². The van der Waals surface area contributed by atoms with Gasteiger partial charge >= 0.3 is 5.69 Å². The molecule has 5 heteroatoms. The Balaban J connectivity index is 2.33. The predicted octanol–water partition coefficient (Wildman–Crippen LogP) is 1.45. The number of methoxy groups -OCH3 is 1. The highest BCUT2D eigenvalue weighted by Crippen LogP contribution is 2.20. The summed E-state index contributed by atoms with van der Waals surface area (Å²) in [5.74, 6) is 0.806. The molecular formula is C15H21N3O2. The van der Waals surface area contributed by atoms with Crippen molar-refractivity contribution < 1.29 is 4.74 Å². The molecule has 5 nitrogen and oxygen atoms in total. The molecule has 0 aliphatic rings. The van der Waals surface area contributed by atoms with Crippen molar-refractivity contribution in [1.29, 1.82) is 0 Å². The first-order valence-corrected chi connectivity index (χ1v) is 6.75. The monoisotopic (exact) mass is 275 g/mol. The van der Waals surface area contributed by atoms with Crippen molar-refractivity contribution in [2.75, 3.05) is 14.2 Å². The molecule has 0 bridgehead atoms. The van der Waals surface area contributed by atoms with Crippen molar-refractivity contribution in [1.82, 2.24) is 14.5 Å². The van der Waals surface area contributed by atoms with Gasteiger partial charge in [-0.25, -0.2) is 4.79 Å². The summed E-state index contributed by atoms with van der Waals surface area (Å²) in [5.41, 5.74) is 2.19. The van der Waals surface area contributed by atoms with E-state index in [0.717, 1.165) is 17.9 Å². The Kier molecular flexibility index (Phi) is 4.63. The van der Waals surface area contributed by atoms with Gasteiger partial charge in [0.05, 0.1) is 13.7 Å². The maximum absolute atomic E-state index is 12.1. The van der Waals surface area contributed by atoms with Crippen LogP contribution in [-0.4, -0.2) is 23.3 Å². The van der Waals surface area contributed by atoms with Gasteiger partial charge in [0.2, 0.25) is 0 Å². The minimum Gasteiger partial charge on any atom is -0.496 e. The molecular weight excluding hydrogens is 254 g/mol. The molecule has 0 saturated carbocycles. The summed E-state index contributed by atoms with van der Waals surface area (Å²) in [7, 11) is 3.56. The maximum Gasteiger partial charge on any atom is 0.328 e. The first-order chi connectivity index (χ1) is 9.69. The molecule has 1 aromatic heterocycles. The molecule has 1 heterocycles. The minimum atomic E-state index is 0.00794. The van der Waals surface area contributed by atoms with Crippen LogP contribution in [0.3, 0.4) is 0 Å². The van der Waals surface area contributed by atoms with Crippen LogP contribution in [0.5, 0.6) is 5.75 Å². The molecule has 20 heavy (non-hydrogen) atoms. The summed E-state index contributed by atoms with van der Waals surface area (Å²) >= 11 is 0. The van der Waals surface area contributed by atoms with E-state index in [9.17, 15) is 4.79 Å². The summed E-state index contributed by atoms with van der Waals surface area (Å²) in [6.45, 7) is 3.96. The number of ether oxygens (including phenoxy) is 1. The largest absolute Gasteiger partial charge is 0.496 e. The first kappa shape index (κ1) is 14.4. The Morgan fingerprint density at radius 3 is 2.60 bits per heavy atom. The SMILES string of the molecule is CCn1ccn(Cc2cc(CNC)ccc2OC)c1=O. The highest BCUT2D eigenvalue weighted by Gasteiger charge is 2.08. The number of nitrogens with zero attached hydrogens (tertiary/aromatic N) is 2. The van der Waals surface area contributed by atoms with E-state index < -0.39 is 0 Å². The molecule has 0 radical (unpaired) electrons. The summed E-state index contributed by atoms with van der Waals surface area (Å²) in [6.07, 6.45) is 3.63. The van der Waals surface area contributed by atoms with Crippen molar-refractivity contribution in [2.24, 2.45) is 0 Å². The molecule has 0 saturated heterocycles. The highest BCUT2D eigenvalue weighted by atomic mass is 16.5. The van der Waals surface area contributed by atoms with Crippen molar-refractivity contribution in [3.8, 4) is 5.75 Å². The van der Waals surface area contributed by atoms with E-state index in [1.165, 1.54) is 5.56 Å². The molecule has 0 unspecified atom stereocenters. The lowest BCUT2D eigenvalue weighted by molar-refractivity contribution is 0.407. The number of hydrogen-bond acceptors (Lipinski definition) is 3. The third kappa shape index (κ3) is 2.93. The van der Waals surface area contributed by atoms with E-state index >= 15 is 0 Å². The van der Waals surface area contributed by atoms with Gasteiger partial charge in [0.1, 0.15) is 5.75 Å². The molecule has 1 aromatic carbocycles.